The number of nitrogens with zero attached hydrogens (tertiary/aromatic N) is 3. The highest BCUT2D eigenvalue weighted by molar-refractivity contribution is 5.95. The molecule has 7 heteroatoms. The molecule has 0 bridgehead atoms. The second-order valence-electron chi connectivity index (χ2n) is 7.94. The zero-order valence-electron chi connectivity index (χ0n) is 17.3. The predicted molar refractivity (Wildman–Crippen MR) is 108 cm³/mol. The highest BCUT2D eigenvalue weighted by Gasteiger charge is 2.31. The van der Waals surface area contributed by atoms with Crippen LogP contribution in [0.3, 0.4) is 0 Å². The minimum Gasteiger partial charge on any atom is -0.489 e. The van der Waals surface area contributed by atoms with Crippen LogP contribution in [0.1, 0.15) is 29.6 Å². The molecule has 7 nitrogen and oxygen atoms in total. The number of rotatable bonds is 8. The smallest absolute Gasteiger partial charge is 0.253 e. The SMILES string of the molecule is COCCN(CC1CC1)C(=O)C[C@@H]1COc2ccc(C(=O)N(C)C)cc2N1C. The van der Waals surface area contributed by atoms with Gasteiger partial charge in [0.25, 0.3) is 5.91 Å². The molecule has 0 aromatic heterocycles. The molecule has 1 aliphatic heterocycles. The van der Waals surface area contributed by atoms with Crippen LogP contribution < -0.4 is 9.64 Å². The number of hydrogen-bond donors (Lipinski definition) is 0. The van der Waals surface area contributed by atoms with Crippen molar-refractivity contribution in [3.05, 3.63) is 23.8 Å². The quantitative estimate of drug-likeness (QED) is 0.679. The average Bonchev–Trinajstić information content (AvgIpc) is 3.50. The number of carbonyl (C=O) groups is 2. The highest BCUT2D eigenvalue weighted by atomic mass is 16.5. The second-order valence-corrected chi connectivity index (χ2v) is 7.94. The number of hydrogen-bond acceptors (Lipinski definition) is 5. The summed E-state index contributed by atoms with van der Waals surface area (Å²) >= 11 is 0. The molecule has 2 aliphatic rings. The Morgan fingerprint density at radius 3 is 2.68 bits per heavy atom. The van der Waals surface area contributed by atoms with Crippen LogP contribution in [-0.4, -0.2) is 82.2 Å². The summed E-state index contributed by atoms with van der Waals surface area (Å²) in [6, 6.07) is 5.40. The molecular formula is C21H31N3O4. The van der Waals surface area contributed by atoms with Crippen molar-refractivity contribution < 1.29 is 19.1 Å². The van der Waals surface area contributed by atoms with Crippen molar-refractivity contribution >= 4 is 17.5 Å². The van der Waals surface area contributed by atoms with Crippen LogP contribution in [0.5, 0.6) is 5.75 Å². The molecule has 1 aromatic carbocycles. The Labute approximate surface area is 167 Å². The van der Waals surface area contributed by atoms with Gasteiger partial charge in [0.1, 0.15) is 12.4 Å². The maximum Gasteiger partial charge on any atom is 0.253 e. The summed E-state index contributed by atoms with van der Waals surface area (Å²) in [6.07, 6.45) is 2.80. The lowest BCUT2D eigenvalue weighted by Crippen LogP contribution is -2.45. The first kappa shape index (κ1) is 20.5. The Morgan fingerprint density at radius 2 is 2.04 bits per heavy atom. The fourth-order valence-electron chi connectivity index (χ4n) is 3.46. The van der Waals surface area contributed by atoms with Gasteiger partial charge in [0.05, 0.1) is 24.8 Å². The standard InChI is InChI=1S/C21H31N3O4/c1-22(2)21(26)16-7-8-19-18(11-16)23(3)17(14-28-19)12-20(25)24(9-10-27-4)13-15-5-6-15/h7-8,11,15,17H,5-6,9-10,12-14H2,1-4H3/t17-/m1/s1. The topological polar surface area (TPSA) is 62.3 Å². The molecule has 0 radical (unpaired) electrons. The van der Waals surface area contributed by atoms with Crippen LogP contribution in [0.2, 0.25) is 0 Å². The molecule has 1 fully saturated rings. The van der Waals surface area contributed by atoms with Crippen molar-refractivity contribution in [1.29, 1.82) is 0 Å². The molecule has 2 amide bonds. The Kier molecular flexibility index (Phi) is 6.44. The van der Waals surface area contributed by atoms with Crippen LogP contribution in [-0.2, 0) is 9.53 Å². The Morgan fingerprint density at radius 1 is 1.29 bits per heavy atom. The third-order valence-corrected chi connectivity index (χ3v) is 5.47. The molecule has 1 aromatic rings. The molecule has 0 spiro atoms. The van der Waals surface area contributed by atoms with Crippen LogP contribution in [0.15, 0.2) is 18.2 Å². The zero-order chi connectivity index (χ0) is 20.3. The number of anilines is 1. The maximum atomic E-state index is 12.9. The lowest BCUT2D eigenvalue weighted by molar-refractivity contribution is -0.132. The lowest BCUT2D eigenvalue weighted by Gasteiger charge is -2.37. The Balaban J connectivity index is 1.69. The summed E-state index contributed by atoms with van der Waals surface area (Å²) < 4.78 is 11.1. The van der Waals surface area contributed by atoms with E-state index in [1.54, 1.807) is 32.2 Å². The van der Waals surface area contributed by atoms with E-state index >= 15 is 0 Å². The van der Waals surface area contributed by atoms with E-state index in [-0.39, 0.29) is 17.9 Å². The van der Waals surface area contributed by atoms with Gasteiger partial charge in [0.15, 0.2) is 0 Å². The third-order valence-electron chi connectivity index (χ3n) is 5.47. The summed E-state index contributed by atoms with van der Waals surface area (Å²) in [5.74, 6) is 1.47. The summed E-state index contributed by atoms with van der Waals surface area (Å²) in [5, 5.41) is 0. The Bertz CT molecular complexity index is 718. The number of amides is 2. The molecular weight excluding hydrogens is 358 g/mol. The molecule has 1 atom stereocenters. The second kappa shape index (κ2) is 8.82. The first-order valence-corrected chi connectivity index (χ1v) is 9.88. The van der Waals surface area contributed by atoms with Crippen molar-refractivity contribution in [2.45, 2.75) is 25.3 Å². The van der Waals surface area contributed by atoms with Gasteiger partial charge in [-0.15, -0.1) is 0 Å². The largest absolute Gasteiger partial charge is 0.489 e. The molecule has 3 rings (SSSR count). The summed E-state index contributed by atoms with van der Waals surface area (Å²) in [7, 11) is 7.09. The monoisotopic (exact) mass is 389 g/mol. The molecule has 1 heterocycles. The molecule has 0 saturated heterocycles. The van der Waals surface area contributed by atoms with Crippen molar-refractivity contribution in [2.75, 3.05) is 59.5 Å². The first-order chi connectivity index (χ1) is 13.4. The number of carbonyl (C=O) groups excluding carboxylic acids is 2. The fourth-order valence-corrected chi connectivity index (χ4v) is 3.46. The molecule has 28 heavy (non-hydrogen) atoms. The highest BCUT2D eigenvalue weighted by Crippen LogP contribution is 2.35. The van der Waals surface area contributed by atoms with E-state index < -0.39 is 0 Å². The van der Waals surface area contributed by atoms with Gasteiger partial charge in [-0.2, -0.15) is 0 Å². The predicted octanol–water partition coefficient (Wildman–Crippen LogP) is 1.86. The number of likely N-dealkylation sites (N-methyl/N-ethyl adjacent to an activating group) is 1. The van der Waals surface area contributed by atoms with Gasteiger partial charge in [-0.05, 0) is 37.0 Å². The maximum absolute atomic E-state index is 12.9. The van der Waals surface area contributed by atoms with Crippen LogP contribution in [0.4, 0.5) is 5.69 Å². The van der Waals surface area contributed by atoms with Crippen LogP contribution >= 0.6 is 0 Å². The molecule has 1 aliphatic carbocycles. The van der Waals surface area contributed by atoms with Crippen molar-refractivity contribution in [1.82, 2.24) is 9.80 Å². The van der Waals surface area contributed by atoms with Gasteiger partial charge in [-0.25, -0.2) is 0 Å². The summed E-state index contributed by atoms with van der Waals surface area (Å²) in [5.41, 5.74) is 1.46. The Hall–Kier alpha value is -2.28. The van der Waals surface area contributed by atoms with E-state index in [1.807, 2.05) is 24.1 Å². The number of fused-ring (bicyclic) bond motifs is 1. The van der Waals surface area contributed by atoms with Gasteiger partial charge in [0, 0.05) is 46.9 Å². The molecule has 154 valence electrons. The molecule has 0 N–H and O–H groups in total. The van der Waals surface area contributed by atoms with E-state index in [4.69, 9.17) is 9.47 Å². The zero-order valence-corrected chi connectivity index (χ0v) is 17.3. The summed E-state index contributed by atoms with van der Waals surface area (Å²) in [6.45, 7) is 2.45. The first-order valence-electron chi connectivity index (χ1n) is 9.88. The van der Waals surface area contributed by atoms with Crippen LogP contribution in [0.25, 0.3) is 0 Å². The third kappa shape index (κ3) is 4.76. The molecule has 0 unspecified atom stereocenters. The van der Waals surface area contributed by atoms with E-state index in [1.165, 1.54) is 12.8 Å². The van der Waals surface area contributed by atoms with E-state index in [9.17, 15) is 9.59 Å². The van der Waals surface area contributed by atoms with Crippen molar-refractivity contribution in [3.8, 4) is 5.75 Å². The van der Waals surface area contributed by atoms with Gasteiger partial charge in [-0.1, -0.05) is 0 Å². The van der Waals surface area contributed by atoms with E-state index in [0.29, 0.717) is 37.7 Å². The lowest BCUT2D eigenvalue weighted by atomic mass is 10.1. The van der Waals surface area contributed by atoms with Gasteiger partial charge in [0.2, 0.25) is 5.91 Å². The summed E-state index contributed by atoms with van der Waals surface area (Å²) in [4.78, 5) is 30.8. The van der Waals surface area contributed by atoms with E-state index in [2.05, 4.69) is 4.90 Å². The average molecular weight is 389 g/mol. The van der Waals surface area contributed by atoms with E-state index in [0.717, 1.165) is 18.0 Å². The van der Waals surface area contributed by atoms with Gasteiger partial charge < -0.3 is 24.2 Å². The molecule has 1 saturated carbocycles. The van der Waals surface area contributed by atoms with Crippen molar-refractivity contribution in [2.24, 2.45) is 5.92 Å². The number of methoxy groups -OCH3 is 1. The number of benzene rings is 1. The number of ether oxygens (including phenoxy) is 2. The fraction of sp³-hybridized carbons (Fsp3) is 0.619. The minimum absolute atomic E-state index is 0.0513. The van der Waals surface area contributed by atoms with Gasteiger partial charge in [-0.3, -0.25) is 9.59 Å². The van der Waals surface area contributed by atoms with Gasteiger partial charge >= 0.3 is 0 Å². The van der Waals surface area contributed by atoms with Crippen LogP contribution in [0, 0.1) is 5.92 Å². The van der Waals surface area contributed by atoms with Crippen molar-refractivity contribution in [3.63, 3.8) is 0 Å². The normalized spacial score (nSPS) is 18.3. The minimum atomic E-state index is -0.0612.